The minimum Gasteiger partial charge on any atom is -0.346 e. The van der Waals surface area contributed by atoms with Crippen LogP contribution in [0, 0.1) is 20.0 Å². The highest BCUT2D eigenvalue weighted by Gasteiger charge is 2.12. The number of H-pyrrole nitrogens is 1. The lowest BCUT2D eigenvalue weighted by atomic mass is 9.94. The van der Waals surface area contributed by atoms with Crippen LogP contribution in [-0.2, 0) is 12.8 Å². The Morgan fingerprint density at radius 3 is 2.73 bits per heavy atom. The molecule has 0 fully saturated rings. The summed E-state index contributed by atoms with van der Waals surface area (Å²) < 4.78 is 0. The molecule has 1 radical (unpaired) electrons. The van der Waals surface area contributed by atoms with Crippen molar-refractivity contribution in [2.75, 3.05) is 0 Å². The van der Waals surface area contributed by atoms with Crippen LogP contribution in [0.25, 0.3) is 11.0 Å². The Labute approximate surface area is 157 Å². The predicted molar refractivity (Wildman–Crippen MR) is 103 cm³/mol. The van der Waals surface area contributed by atoms with Gasteiger partial charge in [0.15, 0.2) is 0 Å². The summed E-state index contributed by atoms with van der Waals surface area (Å²) in [7, 11) is 0. The minimum absolute atomic E-state index is 0.508. The third-order valence-corrected chi connectivity index (χ3v) is 4.82. The minimum atomic E-state index is 0.508. The number of nitrogens with one attached hydrogen (secondary N) is 1. The van der Waals surface area contributed by atoms with E-state index in [4.69, 9.17) is 11.6 Å². The third-order valence-electron chi connectivity index (χ3n) is 4.60. The second-order valence-electron chi connectivity index (χ2n) is 6.56. The summed E-state index contributed by atoms with van der Waals surface area (Å²) in [5, 5.41) is 1.67. The molecule has 0 bridgehead atoms. The molecule has 0 aliphatic heterocycles. The first-order valence-electron chi connectivity index (χ1n) is 8.48. The summed E-state index contributed by atoms with van der Waals surface area (Å²) in [6.45, 7) is 4.11. The molecule has 4 aromatic heterocycles. The number of pyridine rings is 3. The first kappa shape index (κ1) is 16.7. The maximum Gasteiger partial charge on any atom is 0.137 e. The van der Waals surface area contributed by atoms with Gasteiger partial charge in [-0.05, 0) is 65.8 Å². The molecule has 0 unspecified atom stereocenters. The molecule has 0 saturated carbocycles. The van der Waals surface area contributed by atoms with Crippen molar-refractivity contribution in [1.82, 2.24) is 19.9 Å². The van der Waals surface area contributed by atoms with Gasteiger partial charge in [0.2, 0.25) is 0 Å². The molecule has 4 aromatic rings. The number of nitrogens with zero attached hydrogens (tertiary/aromatic N) is 3. The first-order chi connectivity index (χ1) is 12.6. The Morgan fingerprint density at radius 2 is 1.92 bits per heavy atom. The van der Waals surface area contributed by atoms with Gasteiger partial charge in [-0.25, -0.2) is 9.97 Å². The number of aromatic amines is 1. The summed E-state index contributed by atoms with van der Waals surface area (Å²) in [5.41, 5.74) is 7.90. The molecule has 129 valence electrons. The SMILES string of the molecule is Cc1cnc2[nH]cc(Cc3cn[c]c(C)c3Cc3ccc(Cl)nc3)c2c1. The van der Waals surface area contributed by atoms with E-state index in [1.165, 1.54) is 16.7 Å². The molecule has 5 heteroatoms. The van der Waals surface area contributed by atoms with Crippen LogP contribution in [-0.4, -0.2) is 19.9 Å². The maximum atomic E-state index is 5.90. The molecule has 0 saturated heterocycles. The van der Waals surface area contributed by atoms with Crippen LogP contribution in [0.2, 0.25) is 5.15 Å². The van der Waals surface area contributed by atoms with Crippen molar-refractivity contribution in [2.45, 2.75) is 26.7 Å². The van der Waals surface area contributed by atoms with Crippen LogP contribution < -0.4 is 0 Å². The van der Waals surface area contributed by atoms with Gasteiger partial charge in [0.05, 0.1) is 6.20 Å². The molecule has 0 aromatic carbocycles. The van der Waals surface area contributed by atoms with Gasteiger partial charge in [0.25, 0.3) is 0 Å². The fourth-order valence-corrected chi connectivity index (χ4v) is 3.33. The van der Waals surface area contributed by atoms with Gasteiger partial charge < -0.3 is 4.98 Å². The average molecular weight is 362 g/mol. The van der Waals surface area contributed by atoms with Crippen LogP contribution in [0.5, 0.6) is 0 Å². The van der Waals surface area contributed by atoms with E-state index in [0.29, 0.717) is 5.15 Å². The van der Waals surface area contributed by atoms with E-state index in [0.717, 1.165) is 40.6 Å². The van der Waals surface area contributed by atoms with Gasteiger partial charge in [-0.3, -0.25) is 4.98 Å². The van der Waals surface area contributed by atoms with Gasteiger partial charge in [-0.15, -0.1) is 0 Å². The summed E-state index contributed by atoms with van der Waals surface area (Å²) in [6.07, 6.45) is 12.3. The Bertz CT molecular complexity index is 1070. The number of hydrogen-bond acceptors (Lipinski definition) is 3. The Hall–Kier alpha value is -2.72. The van der Waals surface area contributed by atoms with E-state index in [2.05, 4.69) is 46.0 Å². The molecule has 0 atom stereocenters. The topological polar surface area (TPSA) is 54.5 Å². The smallest absolute Gasteiger partial charge is 0.137 e. The van der Waals surface area contributed by atoms with Gasteiger partial charge in [0.1, 0.15) is 10.8 Å². The number of rotatable bonds is 4. The fraction of sp³-hybridized carbons (Fsp3) is 0.190. The van der Waals surface area contributed by atoms with Crippen molar-refractivity contribution in [2.24, 2.45) is 0 Å². The number of aryl methyl sites for hydroxylation is 2. The number of hydrogen-bond donors (Lipinski definition) is 1. The van der Waals surface area contributed by atoms with Gasteiger partial charge in [-0.1, -0.05) is 17.7 Å². The highest BCUT2D eigenvalue weighted by atomic mass is 35.5. The van der Waals surface area contributed by atoms with E-state index in [-0.39, 0.29) is 0 Å². The van der Waals surface area contributed by atoms with E-state index in [1.807, 2.05) is 36.9 Å². The van der Waals surface area contributed by atoms with Crippen molar-refractivity contribution in [1.29, 1.82) is 0 Å². The summed E-state index contributed by atoms with van der Waals surface area (Å²) in [5.74, 6) is 0. The Kier molecular flexibility index (Phi) is 4.43. The van der Waals surface area contributed by atoms with Crippen molar-refractivity contribution in [3.8, 4) is 0 Å². The van der Waals surface area contributed by atoms with E-state index in [1.54, 1.807) is 0 Å². The van der Waals surface area contributed by atoms with Crippen LogP contribution in [0.15, 0.2) is 43.0 Å². The molecular formula is C21H18ClN4. The molecule has 26 heavy (non-hydrogen) atoms. The lowest BCUT2D eigenvalue weighted by molar-refractivity contribution is 1.02. The summed E-state index contributed by atoms with van der Waals surface area (Å²) >= 11 is 5.90. The number of aromatic nitrogens is 4. The molecule has 4 heterocycles. The highest BCUT2D eigenvalue weighted by molar-refractivity contribution is 6.29. The van der Waals surface area contributed by atoms with Crippen LogP contribution in [0.3, 0.4) is 0 Å². The van der Waals surface area contributed by atoms with Crippen LogP contribution in [0.1, 0.15) is 33.4 Å². The first-order valence-corrected chi connectivity index (χ1v) is 8.86. The second-order valence-corrected chi connectivity index (χ2v) is 6.95. The van der Waals surface area contributed by atoms with E-state index >= 15 is 0 Å². The zero-order valence-corrected chi connectivity index (χ0v) is 15.4. The van der Waals surface area contributed by atoms with Crippen molar-refractivity contribution in [3.05, 3.63) is 87.7 Å². The third kappa shape index (κ3) is 3.33. The molecule has 4 rings (SSSR count). The summed E-state index contributed by atoms with van der Waals surface area (Å²) in [4.78, 5) is 16.2. The van der Waals surface area contributed by atoms with Crippen molar-refractivity contribution >= 4 is 22.6 Å². The standard InChI is InChI=1S/C21H18ClN4/c1-13-5-19-17(12-26-21(19)25-8-13)7-16-11-23-9-14(2)18(16)6-15-3-4-20(22)24-10-15/h3-5,8,10-12H,6-7H2,1-2H3,(H,25,26). The Balaban J connectivity index is 1.71. The normalized spacial score (nSPS) is 11.2. The molecule has 0 amide bonds. The quantitative estimate of drug-likeness (QED) is 0.540. The maximum absolute atomic E-state index is 5.90. The molecule has 0 aliphatic rings. The largest absolute Gasteiger partial charge is 0.346 e. The fourth-order valence-electron chi connectivity index (χ4n) is 3.22. The molecule has 1 N–H and O–H groups in total. The van der Waals surface area contributed by atoms with Crippen LogP contribution >= 0.6 is 11.6 Å². The average Bonchev–Trinajstić information content (AvgIpc) is 3.02. The summed E-state index contributed by atoms with van der Waals surface area (Å²) in [6, 6.07) is 6.01. The molecule has 0 spiro atoms. The highest BCUT2D eigenvalue weighted by Crippen LogP contribution is 2.24. The van der Waals surface area contributed by atoms with E-state index in [9.17, 15) is 0 Å². The van der Waals surface area contributed by atoms with Crippen LogP contribution in [0.4, 0.5) is 0 Å². The molecular weight excluding hydrogens is 344 g/mol. The van der Waals surface area contributed by atoms with E-state index < -0.39 is 0 Å². The van der Waals surface area contributed by atoms with Crippen molar-refractivity contribution in [3.63, 3.8) is 0 Å². The Morgan fingerprint density at radius 1 is 1.04 bits per heavy atom. The number of halogens is 1. The predicted octanol–water partition coefficient (Wildman–Crippen LogP) is 4.60. The van der Waals surface area contributed by atoms with Gasteiger partial charge in [0, 0.05) is 36.6 Å². The lowest BCUT2D eigenvalue weighted by Crippen LogP contribution is -2.02. The zero-order valence-electron chi connectivity index (χ0n) is 14.7. The molecule has 4 nitrogen and oxygen atoms in total. The van der Waals surface area contributed by atoms with Crippen molar-refractivity contribution < 1.29 is 0 Å². The number of fused-ring (bicyclic) bond motifs is 1. The lowest BCUT2D eigenvalue weighted by Gasteiger charge is -2.12. The monoisotopic (exact) mass is 361 g/mol. The zero-order chi connectivity index (χ0) is 18.1. The van der Waals surface area contributed by atoms with Gasteiger partial charge in [-0.2, -0.15) is 0 Å². The molecule has 0 aliphatic carbocycles. The second kappa shape index (κ2) is 6.89. The van der Waals surface area contributed by atoms with Gasteiger partial charge >= 0.3 is 0 Å².